The van der Waals surface area contributed by atoms with Crippen molar-refractivity contribution in [3.63, 3.8) is 0 Å². The molecular weight excluding hydrogens is 290 g/mol. The maximum absolute atomic E-state index is 4.37. The third kappa shape index (κ3) is 4.34. The molecule has 0 spiro atoms. The first-order chi connectivity index (χ1) is 8.78. The smallest absolute Gasteiger partial charge is 0.0542 e. The molecule has 3 nitrogen and oxygen atoms in total. The molecule has 18 heavy (non-hydrogen) atoms. The molecule has 1 aromatic rings. The fraction of sp³-hybridized carbons (Fsp3) is 0.643. The SMILES string of the molecule is CCN1CCC(CNCc2ccc(Br)cn2)CC1. The second-order valence-electron chi connectivity index (χ2n) is 4.98. The molecule has 0 amide bonds. The van der Waals surface area contributed by atoms with Gasteiger partial charge in [-0.15, -0.1) is 0 Å². The van der Waals surface area contributed by atoms with Crippen molar-refractivity contribution in [2.75, 3.05) is 26.2 Å². The van der Waals surface area contributed by atoms with Crippen LogP contribution < -0.4 is 5.32 Å². The molecule has 0 bridgehead atoms. The summed E-state index contributed by atoms with van der Waals surface area (Å²) in [6, 6.07) is 4.11. The van der Waals surface area contributed by atoms with E-state index in [0.29, 0.717) is 0 Å². The summed E-state index contributed by atoms with van der Waals surface area (Å²) >= 11 is 3.40. The molecule has 1 aromatic heterocycles. The van der Waals surface area contributed by atoms with Gasteiger partial charge < -0.3 is 10.2 Å². The number of nitrogens with one attached hydrogen (secondary N) is 1. The lowest BCUT2D eigenvalue weighted by Crippen LogP contribution is -2.37. The van der Waals surface area contributed by atoms with E-state index in [1.165, 1.54) is 32.5 Å². The number of hydrogen-bond acceptors (Lipinski definition) is 3. The number of pyridine rings is 1. The molecule has 0 unspecified atom stereocenters. The number of halogens is 1. The highest BCUT2D eigenvalue weighted by Crippen LogP contribution is 2.16. The Hall–Kier alpha value is -0.450. The highest BCUT2D eigenvalue weighted by molar-refractivity contribution is 9.10. The van der Waals surface area contributed by atoms with Crippen LogP contribution in [0.15, 0.2) is 22.8 Å². The van der Waals surface area contributed by atoms with Gasteiger partial charge in [-0.1, -0.05) is 6.92 Å². The van der Waals surface area contributed by atoms with E-state index in [4.69, 9.17) is 0 Å². The molecule has 0 radical (unpaired) electrons. The highest BCUT2D eigenvalue weighted by atomic mass is 79.9. The van der Waals surface area contributed by atoms with Gasteiger partial charge in [-0.25, -0.2) is 0 Å². The van der Waals surface area contributed by atoms with Crippen molar-refractivity contribution in [1.29, 1.82) is 0 Å². The Kier molecular flexibility index (Phi) is 5.60. The zero-order valence-corrected chi connectivity index (χ0v) is 12.6. The lowest BCUT2D eigenvalue weighted by molar-refractivity contribution is 0.190. The first-order valence-corrected chi connectivity index (χ1v) is 7.60. The summed E-state index contributed by atoms with van der Waals surface area (Å²) in [6.07, 6.45) is 4.51. The molecule has 1 saturated heterocycles. The molecule has 0 aliphatic carbocycles. The lowest BCUT2D eigenvalue weighted by Gasteiger charge is -2.31. The topological polar surface area (TPSA) is 28.2 Å². The summed E-state index contributed by atoms with van der Waals surface area (Å²) in [5.41, 5.74) is 1.11. The molecule has 0 atom stereocenters. The molecule has 0 aromatic carbocycles. The predicted molar refractivity (Wildman–Crippen MR) is 78.5 cm³/mol. The van der Waals surface area contributed by atoms with E-state index < -0.39 is 0 Å². The summed E-state index contributed by atoms with van der Waals surface area (Å²) < 4.78 is 1.04. The molecule has 1 aliphatic heterocycles. The minimum absolute atomic E-state index is 0.836. The molecule has 2 rings (SSSR count). The molecule has 4 heteroatoms. The number of nitrogens with zero attached hydrogens (tertiary/aromatic N) is 2. The second-order valence-corrected chi connectivity index (χ2v) is 5.89. The Balaban J connectivity index is 1.65. The first-order valence-electron chi connectivity index (χ1n) is 6.81. The van der Waals surface area contributed by atoms with Gasteiger partial charge in [0, 0.05) is 17.2 Å². The van der Waals surface area contributed by atoms with Crippen LogP contribution in [0.4, 0.5) is 0 Å². The van der Waals surface area contributed by atoms with Gasteiger partial charge in [0.05, 0.1) is 5.69 Å². The Morgan fingerprint density at radius 3 is 2.78 bits per heavy atom. The second kappa shape index (κ2) is 7.22. The number of rotatable bonds is 5. The van der Waals surface area contributed by atoms with Gasteiger partial charge in [0.2, 0.25) is 0 Å². The molecule has 0 saturated carbocycles. The number of likely N-dealkylation sites (tertiary alicyclic amines) is 1. The summed E-state index contributed by atoms with van der Waals surface area (Å²) in [4.78, 5) is 6.90. The Labute approximate surface area is 118 Å². The fourth-order valence-corrected chi connectivity index (χ4v) is 2.66. The van der Waals surface area contributed by atoms with E-state index in [2.05, 4.69) is 44.1 Å². The van der Waals surface area contributed by atoms with Crippen molar-refractivity contribution in [2.45, 2.75) is 26.3 Å². The van der Waals surface area contributed by atoms with Gasteiger partial charge in [0.1, 0.15) is 0 Å². The first kappa shape index (κ1) is 14.0. The van der Waals surface area contributed by atoms with Gasteiger partial charge in [0.15, 0.2) is 0 Å². The van der Waals surface area contributed by atoms with E-state index >= 15 is 0 Å². The molecule has 100 valence electrons. The van der Waals surface area contributed by atoms with Crippen LogP contribution in [0.3, 0.4) is 0 Å². The van der Waals surface area contributed by atoms with Crippen LogP contribution in [-0.2, 0) is 6.54 Å². The van der Waals surface area contributed by atoms with Crippen molar-refractivity contribution in [3.8, 4) is 0 Å². The van der Waals surface area contributed by atoms with E-state index in [9.17, 15) is 0 Å². The third-order valence-corrected chi connectivity index (χ3v) is 4.15. The van der Waals surface area contributed by atoms with Crippen molar-refractivity contribution in [3.05, 3.63) is 28.5 Å². The summed E-state index contributed by atoms with van der Waals surface area (Å²) in [7, 11) is 0. The van der Waals surface area contributed by atoms with Crippen molar-refractivity contribution in [2.24, 2.45) is 5.92 Å². The van der Waals surface area contributed by atoms with Crippen LogP contribution in [0.5, 0.6) is 0 Å². The van der Waals surface area contributed by atoms with Crippen LogP contribution in [0.2, 0.25) is 0 Å². The zero-order valence-electron chi connectivity index (χ0n) is 11.0. The summed E-state index contributed by atoms with van der Waals surface area (Å²) in [6.45, 7) is 7.97. The minimum Gasteiger partial charge on any atom is -0.311 e. The van der Waals surface area contributed by atoms with Crippen LogP contribution in [0.25, 0.3) is 0 Å². The molecule has 2 heterocycles. The van der Waals surface area contributed by atoms with Gasteiger partial charge in [0.25, 0.3) is 0 Å². The molecule has 1 N–H and O–H groups in total. The normalized spacial score (nSPS) is 18.1. The van der Waals surface area contributed by atoms with Crippen molar-refractivity contribution < 1.29 is 0 Å². The van der Waals surface area contributed by atoms with Crippen LogP contribution in [-0.4, -0.2) is 36.1 Å². The van der Waals surface area contributed by atoms with E-state index in [-0.39, 0.29) is 0 Å². The number of aromatic nitrogens is 1. The maximum Gasteiger partial charge on any atom is 0.0542 e. The molecule has 1 aliphatic rings. The van der Waals surface area contributed by atoms with Gasteiger partial charge in [-0.3, -0.25) is 4.98 Å². The fourth-order valence-electron chi connectivity index (χ4n) is 2.42. The predicted octanol–water partition coefficient (Wildman–Crippen LogP) is 2.67. The van der Waals surface area contributed by atoms with Crippen LogP contribution >= 0.6 is 15.9 Å². The Bertz CT molecular complexity index is 345. The maximum atomic E-state index is 4.37. The van der Waals surface area contributed by atoms with Crippen LogP contribution in [0.1, 0.15) is 25.5 Å². The van der Waals surface area contributed by atoms with E-state index in [0.717, 1.165) is 29.2 Å². The molecular formula is C14H22BrN3. The average molecular weight is 312 g/mol. The Morgan fingerprint density at radius 2 is 2.17 bits per heavy atom. The third-order valence-electron chi connectivity index (χ3n) is 3.68. The molecule has 1 fully saturated rings. The lowest BCUT2D eigenvalue weighted by atomic mass is 9.97. The Morgan fingerprint density at radius 1 is 1.39 bits per heavy atom. The van der Waals surface area contributed by atoms with Crippen molar-refractivity contribution in [1.82, 2.24) is 15.2 Å². The van der Waals surface area contributed by atoms with E-state index in [1.54, 1.807) is 0 Å². The quantitative estimate of drug-likeness (QED) is 0.906. The van der Waals surface area contributed by atoms with Gasteiger partial charge in [-0.05, 0) is 73.0 Å². The highest BCUT2D eigenvalue weighted by Gasteiger charge is 2.17. The number of hydrogen-bond donors (Lipinski definition) is 1. The minimum atomic E-state index is 0.836. The van der Waals surface area contributed by atoms with Gasteiger partial charge >= 0.3 is 0 Å². The van der Waals surface area contributed by atoms with Crippen LogP contribution in [0, 0.1) is 5.92 Å². The summed E-state index contributed by atoms with van der Waals surface area (Å²) in [5.74, 6) is 0.836. The van der Waals surface area contributed by atoms with Crippen molar-refractivity contribution >= 4 is 15.9 Å². The summed E-state index contributed by atoms with van der Waals surface area (Å²) in [5, 5.41) is 3.53. The number of piperidine rings is 1. The monoisotopic (exact) mass is 311 g/mol. The standard InChI is InChI=1S/C14H22BrN3/c1-2-18-7-5-12(6-8-18)9-16-11-14-4-3-13(15)10-17-14/h3-4,10,12,16H,2,5-9,11H2,1H3. The average Bonchev–Trinajstić information content (AvgIpc) is 2.42. The largest absolute Gasteiger partial charge is 0.311 e. The van der Waals surface area contributed by atoms with E-state index in [1.807, 2.05) is 12.3 Å². The zero-order chi connectivity index (χ0) is 12.8. The van der Waals surface area contributed by atoms with Gasteiger partial charge in [-0.2, -0.15) is 0 Å².